The number of sulfonamides is 1. The molecule has 1 fully saturated rings. The molecule has 54 heavy (non-hydrogen) atoms. The predicted octanol–water partition coefficient (Wildman–Crippen LogP) is 7.75. The molecule has 2 heterocycles. The first-order chi connectivity index (χ1) is 25.7. The fourth-order valence-corrected chi connectivity index (χ4v) is 8.34. The third-order valence-electron chi connectivity index (χ3n) is 9.12. The number of aromatic nitrogens is 1. The van der Waals surface area contributed by atoms with Crippen LogP contribution in [0.4, 0.5) is 9.18 Å². The normalized spacial score (nSPS) is 16.2. The molecule has 3 atom stereocenters. The molecule has 5 rings (SSSR count). The monoisotopic (exact) mass is 776 g/mol. The van der Waals surface area contributed by atoms with Crippen molar-refractivity contribution < 1.29 is 31.9 Å². The Hall–Kier alpha value is -5.01. The van der Waals surface area contributed by atoms with Crippen LogP contribution in [0.15, 0.2) is 101 Å². The zero-order valence-corrected chi connectivity index (χ0v) is 32.0. The number of pyridine rings is 1. The van der Waals surface area contributed by atoms with Crippen molar-refractivity contribution in [1.82, 2.24) is 14.2 Å². The minimum Gasteiger partial charge on any atom is -0.481 e. The predicted molar refractivity (Wildman–Crippen MR) is 202 cm³/mol. The average Bonchev–Trinajstić information content (AvgIpc) is 3.15. The summed E-state index contributed by atoms with van der Waals surface area (Å²) in [6.45, 7) is 5.37. The Balaban J connectivity index is 1.45. The summed E-state index contributed by atoms with van der Waals surface area (Å²) >= 11 is 6.17. The van der Waals surface area contributed by atoms with Crippen molar-refractivity contribution in [2.45, 2.75) is 68.5 Å². The van der Waals surface area contributed by atoms with Gasteiger partial charge in [0.25, 0.3) is 0 Å². The van der Waals surface area contributed by atoms with Crippen molar-refractivity contribution in [2.24, 2.45) is 5.11 Å². The molecule has 12 nitrogen and oxygen atoms in total. The van der Waals surface area contributed by atoms with E-state index in [1.54, 1.807) is 87.6 Å². The molecule has 1 amide bonds. The van der Waals surface area contributed by atoms with Crippen LogP contribution in [0.3, 0.4) is 0 Å². The molecule has 1 aliphatic rings. The van der Waals surface area contributed by atoms with Crippen LogP contribution in [-0.4, -0.2) is 78.9 Å². The molecule has 284 valence electrons. The Morgan fingerprint density at radius 2 is 1.72 bits per heavy atom. The van der Waals surface area contributed by atoms with Crippen molar-refractivity contribution in [3.63, 3.8) is 0 Å². The lowest BCUT2D eigenvalue weighted by atomic mass is 9.82. The number of piperazine rings is 1. The highest BCUT2D eigenvalue weighted by atomic mass is 35.5. The van der Waals surface area contributed by atoms with Gasteiger partial charge in [0.2, 0.25) is 15.9 Å². The van der Waals surface area contributed by atoms with Gasteiger partial charge in [-0.1, -0.05) is 65.2 Å². The number of hydrogen-bond donors (Lipinski definition) is 0. The Bertz CT molecular complexity index is 2090. The zero-order chi connectivity index (χ0) is 39.0. The van der Waals surface area contributed by atoms with E-state index >= 15 is 4.39 Å². The lowest BCUT2D eigenvalue weighted by molar-refractivity contribution is -0.119. The van der Waals surface area contributed by atoms with Crippen LogP contribution in [0.5, 0.6) is 5.88 Å². The second kappa shape index (κ2) is 17.4. The van der Waals surface area contributed by atoms with Crippen molar-refractivity contribution in [3.05, 3.63) is 135 Å². The van der Waals surface area contributed by atoms with Gasteiger partial charge in [0, 0.05) is 60.2 Å². The number of ketones is 1. The molecule has 0 N–H and O–H groups in total. The number of halogens is 2. The van der Waals surface area contributed by atoms with Gasteiger partial charge in [0.15, 0.2) is 0 Å². The van der Waals surface area contributed by atoms with Crippen LogP contribution >= 0.6 is 11.6 Å². The summed E-state index contributed by atoms with van der Waals surface area (Å²) in [5.41, 5.74) is 10.7. The van der Waals surface area contributed by atoms with Gasteiger partial charge in [-0.2, -0.15) is 4.31 Å². The van der Waals surface area contributed by atoms with E-state index in [1.165, 1.54) is 40.6 Å². The summed E-state index contributed by atoms with van der Waals surface area (Å²) in [6, 6.07) is 20.6. The molecule has 0 bridgehead atoms. The second-order valence-electron chi connectivity index (χ2n) is 13.9. The van der Waals surface area contributed by atoms with Gasteiger partial charge in [-0.3, -0.25) is 4.79 Å². The third kappa shape index (κ3) is 9.74. The van der Waals surface area contributed by atoms with Crippen molar-refractivity contribution >= 4 is 33.5 Å². The number of carbonyl (C=O) groups excluding carboxylic acids is 2. The Morgan fingerprint density at radius 1 is 1.02 bits per heavy atom. The highest BCUT2D eigenvalue weighted by Gasteiger charge is 2.39. The summed E-state index contributed by atoms with van der Waals surface area (Å²) in [5, 5.41) is 4.42. The number of hydrogen-bond acceptors (Lipinski definition) is 8. The maximum Gasteiger partial charge on any atom is 0.410 e. The lowest BCUT2D eigenvalue weighted by Crippen LogP contribution is -2.57. The molecule has 3 aromatic carbocycles. The fraction of sp³-hybridized carbons (Fsp3) is 0.359. The molecular weight excluding hydrogens is 735 g/mol. The van der Waals surface area contributed by atoms with E-state index in [2.05, 4.69) is 15.0 Å². The van der Waals surface area contributed by atoms with Gasteiger partial charge in [0.05, 0.1) is 12.0 Å². The Labute approximate surface area is 319 Å². The number of benzene rings is 3. The summed E-state index contributed by atoms with van der Waals surface area (Å²) in [7, 11) is -2.51. The lowest BCUT2D eigenvalue weighted by Gasteiger charge is -2.41. The zero-order valence-electron chi connectivity index (χ0n) is 30.4. The number of ether oxygens (including phenoxy) is 2. The van der Waals surface area contributed by atoms with E-state index in [-0.39, 0.29) is 49.4 Å². The van der Waals surface area contributed by atoms with E-state index < -0.39 is 51.3 Å². The summed E-state index contributed by atoms with van der Waals surface area (Å²) in [5.74, 6) is -1.46. The highest BCUT2D eigenvalue weighted by Crippen LogP contribution is 2.33. The third-order valence-corrected chi connectivity index (χ3v) is 11.3. The molecule has 1 saturated heterocycles. The number of Topliss-reactive ketones (excluding diaryl/α,β-unsaturated/α-hetero) is 1. The van der Waals surface area contributed by atoms with E-state index in [0.717, 1.165) is 0 Å². The SMILES string of the molecule is COc1ccc([C@H](c2ccc(Cl)cc2)[C@H](N=[N+]=[N-])C(=O)Cc2cccc(F)c2CC[C@H]2CN(C(=O)OC(C)(C)C)CCN2S(=O)(=O)c2ccccc2)cn1. The summed E-state index contributed by atoms with van der Waals surface area (Å²) in [6.07, 6.45) is 0.841. The number of methoxy groups -OCH3 is 1. The Kier molecular flexibility index (Phi) is 13.0. The van der Waals surface area contributed by atoms with Crippen molar-refractivity contribution in [2.75, 3.05) is 26.7 Å². The van der Waals surface area contributed by atoms with E-state index in [0.29, 0.717) is 27.6 Å². The van der Waals surface area contributed by atoms with Gasteiger partial charge in [-0.25, -0.2) is 22.6 Å². The molecule has 0 unspecified atom stereocenters. The molecule has 0 radical (unpaired) electrons. The van der Waals surface area contributed by atoms with Crippen LogP contribution in [0.1, 0.15) is 55.4 Å². The molecular formula is C39H42ClFN6O6S. The Morgan fingerprint density at radius 3 is 2.35 bits per heavy atom. The minimum atomic E-state index is -3.99. The number of amides is 1. The standard InChI is InChI=1S/C39H42ClFN6O6S/c1-39(2,3)53-38(49)46-21-22-47(54(50,51)31-10-6-5-7-11-31)30(25-46)18-19-32-27(9-8-12-33(32)41)23-34(48)37(44-45-42)36(26-13-16-29(40)17-14-26)28-15-20-35(52-4)43-24-28/h5-17,20,24,30,36-37H,18-19,21-23,25H2,1-4H3/t30-,36-,37+/m0/s1. The molecule has 1 aromatic heterocycles. The largest absolute Gasteiger partial charge is 0.481 e. The maximum atomic E-state index is 15.7. The molecule has 1 aliphatic heterocycles. The molecule has 0 spiro atoms. The first kappa shape index (κ1) is 40.2. The van der Waals surface area contributed by atoms with Gasteiger partial charge in [-0.05, 0) is 91.7 Å². The van der Waals surface area contributed by atoms with Crippen LogP contribution in [0, 0.1) is 5.82 Å². The molecule has 0 aliphatic carbocycles. The van der Waals surface area contributed by atoms with E-state index in [9.17, 15) is 23.5 Å². The molecule has 4 aromatic rings. The van der Waals surface area contributed by atoms with Gasteiger partial charge in [-0.15, -0.1) is 0 Å². The van der Waals surface area contributed by atoms with Crippen LogP contribution in [0.2, 0.25) is 5.02 Å². The second-order valence-corrected chi connectivity index (χ2v) is 16.2. The van der Waals surface area contributed by atoms with Crippen LogP contribution in [-0.2, 0) is 32.4 Å². The number of azide groups is 1. The van der Waals surface area contributed by atoms with E-state index in [4.69, 9.17) is 21.1 Å². The van der Waals surface area contributed by atoms with Crippen LogP contribution in [0.25, 0.3) is 10.4 Å². The smallest absolute Gasteiger partial charge is 0.410 e. The van der Waals surface area contributed by atoms with Gasteiger partial charge >= 0.3 is 6.09 Å². The van der Waals surface area contributed by atoms with Crippen molar-refractivity contribution in [3.8, 4) is 5.88 Å². The van der Waals surface area contributed by atoms with Gasteiger partial charge < -0.3 is 14.4 Å². The number of carbonyl (C=O) groups is 2. The molecule has 15 heteroatoms. The first-order valence-corrected chi connectivity index (χ1v) is 19.2. The summed E-state index contributed by atoms with van der Waals surface area (Å²) in [4.78, 5) is 36.2. The topological polar surface area (TPSA) is 155 Å². The van der Waals surface area contributed by atoms with Crippen molar-refractivity contribution in [1.29, 1.82) is 0 Å². The maximum absolute atomic E-state index is 15.7. The summed E-state index contributed by atoms with van der Waals surface area (Å²) < 4.78 is 55.7. The first-order valence-electron chi connectivity index (χ1n) is 17.3. The highest BCUT2D eigenvalue weighted by molar-refractivity contribution is 7.89. The van der Waals surface area contributed by atoms with E-state index in [1.807, 2.05) is 0 Å². The van der Waals surface area contributed by atoms with Gasteiger partial charge in [0.1, 0.15) is 23.2 Å². The fourth-order valence-electron chi connectivity index (χ4n) is 6.56. The van der Waals surface area contributed by atoms with Crippen LogP contribution < -0.4 is 4.74 Å². The minimum absolute atomic E-state index is 0.00387. The molecule has 0 saturated carbocycles. The quantitative estimate of drug-likeness (QED) is 0.0764. The number of rotatable bonds is 13. The average molecular weight is 777 g/mol. The number of nitrogens with zero attached hydrogens (tertiary/aromatic N) is 6.